The fourth-order valence-corrected chi connectivity index (χ4v) is 9.36. The van der Waals surface area contributed by atoms with Gasteiger partial charge in [-0.2, -0.15) is 0 Å². The molecule has 3 atom stereocenters. The van der Waals surface area contributed by atoms with Gasteiger partial charge in [-0.25, -0.2) is 4.79 Å². The number of ether oxygens (including phenoxy) is 2. The van der Waals surface area contributed by atoms with Crippen LogP contribution in [0.3, 0.4) is 0 Å². The van der Waals surface area contributed by atoms with Crippen LogP contribution in [0.5, 0.6) is 0 Å². The van der Waals surface area contributed by atoms with Crippen molar-refractivity contribution in [2.75, 3.05) is 16.4 Å². The monoisotopic (exact) mass is 641 g/mol. The summed E-state index contributed by atoms with van der Waals surface area (Å²) in [6.07, 6.45) is 7.25. The minimum absolute atomic E-state index is 0.00151. The van der Waals surface area contributed by atoms with Crippen LogP contribution in [0.1, 0.15) is 81.0 Å². The van der Waals surface area contributed by atoms with Crippen LogP contribution in [-0.4, -0.2) is 34.4 Å². The summed E-state index contributed by atoms with van der Waals surface area (Å²) in [7, 11) is 0. The van der Waals surface area contributed by atoms with E-state index >= 15 is 0 Å². The summed E-state index contributed by atoms with van der Waals surface area (Å²) in [5, 5.41) is 18.8. The van der Waals surface area contributed by atoms with E-state index in [1.807, 2.05) is 72.8 Å². The van der Waals surface area contributed by atoms with E-state index in [0.717, 1.165) is 75.7 Å². The van der Waals surface area contributed by atoms with Gasteiger partial charge in [0.1, 0.15) is 0 Å². The number of benzene rings is 3. The van der Waals surface area contributed by atoms with Gasteiger partial charge in [-0.05, 0) is 104 Å². The molecule has 4 N–H and O–H groups in total. The van der Waals surface area contributed by atoms with E-state index < -0.39 is 6.29 Å². The Balaban J connectivity index is 1.01. The van der Waals surface area contributed by atoms with Crippen LogP contribution in [0.15, 0.2) is 77.7 Å². The van der Waals surface area contributed by atoms with Crippen molar-refractivity contribution in [3.05, 3.63) is 89.5 Å². The third kappa shape index (κ3) is 7.28. The Hall–Kier alpha value is -3.37. The average molecular weight is 642 g/mol. The maximum absolute atomic E-state index is 13.1. The molecule has 4 saturated carbocycles. The zero-order valence-electron chi connectivity index (χ0n) is 26.2. The van der Waals surface area contributed by atoms with Crippen molar-refractivity contribution in [3.8, 4) is 0 Å². The minimum atomic E-state index is -0.570. The van der Waals surface area contributed by atoms with Crippen LogP contribution in [0, 0.1) is 17.8 Å². The maximum Gasteiger partial charge on any atom is 0.319 e. The second-order valence-electron chi connectivity index (χ2n) is 13.8. The Morgan fingerprint density at radius 1 is 0.783 bits per heavy atom. The van der Waals surface area contributed by atoms with Crippen molar-refractivity contribution in [1.29, 1.82) is 0 Å². The molecular weight excluding hydrogens is 598 g/mol. The molecule has 0 unspecified atom stereocenters. The van der Waals surface area contributed by atoms with Crippen molar-refractivity contribution in [2.45, 2.75) is 87.4 Å². The molecule has 3 amide bonds. The number of amides is 3. The maximum atomic E-state index is 13.1. The van der Waals surface area contributed by atoms with E-state index in [0.29, 0.717) is 6.42 Å². The zero-order valence-corrected chi connectivity index (χ0v) is 27.1. The standard InChI is InChI=1S/C37H43N3O5S/c1-23(42)38-30-10-12-33(13-11-30)46-22-32-17-34(28-4-2-24(21-41)3-5-28)45-35(44-32)29-6-8-31(9-7-29)39-36(43)40-37-18-25-14-26(19-37)16-27(15-25)20-37/h2-13,25-27,32,34-35,41H,14-22H2,1H3,(H,38,42)(H2,39,40,43)/t25?,26?,27?,32-,34+,35+,37?/m1/s1. The SMILES string of the molecule is CC(=O)Nc1ccc(SC[C@H]2C[C@@H](c3ccc(CO)cc3)O[C@@H](c3ccc(NC(=O)NC45CC6CC(CC(C6)C4)C5)cc3)O2)cc1. The molecule has 1 heterocycles. The second-order valence-corrected chi connectivity index (χ2v) is 14.9. The molecule has 8 rings (SSSR count). The van der Waals surface area contributed by atoms with Crippen molar-refractivity contribution >= 4 is 35.1 Å². The highest BCUT2D eigenvalue weighted by Crippen LogP contribution is 2.55. The van der Waals surface area contributed by atoms with Gasteiger partial charge >= 0.3 is 6.03 Å². The van der Waals surface area contributed by atoms with Crippen LogP contribution in [0.2, 0.25) is 0 Å². The quantitative estimate of drug-likeness (QED) is 0.180. The van der Waals surface area contributed by atoms with Gasteiger partial charge in [0, 0.05) is 46.5 Å². The number of thioether (sulfide) groups is 1. The van der Waals surface area contributed by atoms with Crippen LogP contribution in [0.4, 0.5) is 16.2 Å². The molecule has 46 heavy (non-hydrogen) atoms. The highest BCUT2D eigenvalue weighted by atomic mass is 32.2. The molecule has 9 heteroatoms. The lowest BCUT2D eigenvalue weighted by Crippen LogP contribution is -2.60. The van der Waals surface area contributed by atoms with Crippen molar-refractivity contribution < 1.29 is 24.2 Å². The predicted molar refractivity (Wildman–Crippen MR) is 179 cm³/mol. The normalized spacial score (nSPS) is 29.7. The molecule has 0 radical (unpaired) electrons. The van der Waals surface area contributed by atoms with Gasteiger partial charge in [0.25, 0.3) is 0 Å². The number of aliphatic hydroxyl groups excluding tert-OH is 1. The minimum Gasteiger partial charge on any atom is -0.392 e. The van der Waals surface area contributed by atoms with E-state index in [1.165, 1.54) is 26.2 Å². The van der Waals surface area contributed by atoms with Gasteiger partial charge in [-0.15, -0.1) is 11.8 Å². The Morgan fingerprint density at radius 3 is 1.98 bits per heavy atom. The van der Waals surface area contributed by atoms with Crippen LogP contribution in [0.25, 0.3) is 0 Å². The van der Waals surface area contributed by atoms with E-state index in [2.05, 4.69) is 16.0 Å². The largest absolute Gasteiger partial charge is 0.392 e. The predicted octanol–water partition coefficient (Wildman–Crippen LogP) is 7.57. The summed E-state index contributed by atoms with van der Waals surface area (Å²) < 4.78 is 13.0. The first kappa shape index (κ1) is 31.2. The Labute approximate surface area is 275 Å². The second kappa shape index (κ2) is 13.4. The number of carbonyl (C=O) groups is 2. The lowest BCUT2D eigenvalue weighted by Gasteiger charge is -2.56. The number of urea groups is 1. The number of hydrogen-bond donors (Lipinski definition) is 4. The zero-order chi connectivity index (χ0) is 31.7. The van der Waals surface area contributed by atoms with E-state index in [1.54, 1.807) is 11.8 Å². The van der Waals surface area contributed by atoms with Gasteiger partial charge in [-0.1, -0.05) is 36.4 Å². The van der Waals surface area contributed by atoms with Gasteiger partial charge in [0.15, 0.2) is 6.29 Å². The summed E-state index contributed by atoms with van der Waals surface area (Å²) in [6, 6.07) is 23.3. The molecule has 0 spiro atoms. The highest BCUT2D eigenvalue weighted by molar-refractivity contribution is 7.99. The number of aliphatic hydroxyl groups is 1. The number of carbonyl (C=O) groups excluding carboxylic acids is 2. The molecule has 8 nitrogen and oxygen atoms in total. The third-order valence-electron chi connectivity index (χ3n) is 10.1. The number of nitrogens with one attached hydrogen (secondary N) is 3. The van der Waals surface area contributed by atoms with Gasteiger partial charge in [0.05, 0.1) is 18.8 Å². The van der Waals surface area contributed by atoms with Gasteiger partial charge in [0.2, 0.25) is 5.91 Å². The molecule has 4 bridgehead atoms. The van der Waals surface area contributed by atoms with E-state index in [9.17, 15) is 14.7 Å². The summed E-state index contributed by atoms with van der Waals surface area (Å²) in [5.41, 5.74) is 4.27. The summed E-state index contributed by atoms with van der Waals surface area (Å²) in [5.74, 6) is 2.96. The molecule has 5 aliphatic rings. The summed E-state index contributed by atoms with van der Waals surface area (Å²) >= 11 is 1.71. The van der Waals surface area contributed by atoms with Gasteiger partial charge < -0.3 is 30.5 Å². The third-order valence-corrected chi connectivity index (χ3v) is 11.2. The fourth-order valence-electron chi connectivity index (χ4n) is 8.44. The molecular formula is C37H43N3O5S. The number of hydrogen-bond acceptors (Lipinski definition) is 6. The molecule has 3 aromatic rings. The number of rotatable bonds is 9. The lowest BCUT2D eigenvalue weighted by molar-refractivity contribution is -0.245. The average Bonchev–Trinajstić information content (AvgIpc) is 3.03. The van der Waals surface area contributed by atoms with Crippen LogP contribution < -0.4 is 16.0 Å². The van der Waals surface area contributed by atoms with Crippen molar-refractivity contribution in [2.24, 2.45) is 17.8 Å². The molecule has 0 aromatic heterocycles. The first-order valence-corrected chi connectivity index (χ1v) is 17.5. The first-order valence-electron chi connectivity index (χ1n) is 16.5. The smallest absolute Gasteiger partial charge is 0.319 e. The molecule has 3 aromatic carbocycles. The number of anilines is 2. The Bertz CT molecular complexity index is 1490. The van der Waals surface area contributed by atoms with Crippen molar-refractivity contribution in [1.82, 2.24) is 5.32 Å². The highest BCUT2D eigenvalue weighted by Gasteiger charge is 2.51. The summed E-state index contributed by atoms with van der Waals surface area (Å²) in [6.45, 7) is 1.50. The summed E-state index contributed by atoms with van der Waals surface area (Å²) in [4.78, 5) is 25.6. The molecule has 242 valence electrons. The van der Waals surface area contributed by atoms with Gasteiger partial charge in [-0.3, -0.25) is 4.79 Å². The van der Waals surface area contributed by atoms with E-state index in [4.69, 9.17) is 9.47 Å². The molecule has 1 aliphatic heterocycles. The lowest BCUT2D eigenvalue weighted by atomic mass is 9.53. The topological polar surface area (TPSA) is 109 Å². The molecule has 4 aliphatic carbocycles. The van der Waals surface area contributed by atoms with E-state index in [-0.39, 0.29) is 36.3 Å². The molecule has 1 saturated heterocycles. The molecule has 5 fully saturated rings. The fraction of sp³-hybridized carbons (Fsp3) is 0.459. The van der Waals surface area contributed by atoms with Crippen molar-refractivity contribution in [3.63, 3.8) is 0 Å². The van der Waals surface area contributed by atoms with Crippen LogP contribution in [-0.2, 0) is 20.9 Å². The Morgan fingerprint density at radius 2 is 1.37 bits per heavy atom. The first-order chi connectivity index (χ1) is 22.3. The van der Waals surface area contributed by atoms with Crippen LogP contribution >= 0.6 is 11.8 Å². The Kier molecular flexibility index (Phi) is 9.10.